The number of esters is 1. The number of rotatable bonds is 3. The molecule has 1 heterocycles. The number of nitrogens with zero attached hydrogens (tertiary/aromatic N) is 1. The molecule has 1 rings (SSSR count). The Morgan fingerprint density at radius 2 is 2.58 bits per heavy atom. The summed E-state index contributed by atoms with van der Waals surface area (Å²) in [7, 11) is 0. The highest BCUT2D eigenvalue weighted by Gasteiger charge is 2.15. The van der Waals surface area contributed by atoms with E-state index in [0.29, 0.717) is 6.29 Å². The van der Waals surface area contributed by atoms with Crippen LogP contribution >= 0.6 is 0 Å². The number of ether oxygens (including phenoxy) is 1. The molecule has 1 aromatic heterocycles. The second-order valence-electron chi connectivity index (χ2n) is 1.94. The smallest absolute Gasteiger partial charge is 0.343 e. The van der Waals surface area contributed by atoms with Crippen LogP contribution in [-0.4, -0.2) is 24.0 Å². The second-order valence-corrected chi connectivity index (χ2v) is 1.94. The maximum atomic E-state index is 11.0. The molecule has 64 valence electrons. The zero-order chi connectivity index (χ0) is 8.97. The van der Waals surface area contributed by atoms with Crippen LogP contribution in [0.1, 0.15) is 27.8 Å². The molecule has 5 heteroatoms. The van der Waals surface area contributed by atoms with E-state index in [2.05, 4.69) is 14.4 Å². The van der Waals surface area contributed by atoms with Crippen molar-refractivity contribution in [3.05, 3.63) is 17.5 Å². The molecule has 0 atom stereocenters. The molecule has 0 aliphatic carbocycles. The molecule has 0 spiro atoms. The SMILES string of the molecule is CCOC(=O)c1cnoc1C=O. The van der Waals surface area contributed by atoms with Crippen LogP contribution in [0.25, 0.3) is 0 Å². The highest BCUT2D eigenvalue weighted by molar-refractivity contribution is 5.96. The third kappa shape index (κ3) is 1.50. The second kappa shape index (κ2) is 3.66. The van der Waals surface area contributed by atoms with Gasteiger partial charge in [-0.2, -0.15) is 0 Å². The molecule has 0 bridgehead atoms. The lowest BCUT2D eigenvalue weighted by molar-refractivity contribution is 0.0522. The molecule has 0 saturated heterocycles. The quantitative estimate of drug-likeness (QED) is 0.491. The van der Waals surface area contributed by atoms with Gasteiger partial charge in [0, 0.05) is 0 Å². The predicted octanol–water partition coefficient (Wildman–Crippen LogP) is 0.664. The van der Waals surface area contributed by atoms with Gasteiger partial charge in [-0.1, -0.05) is 5.16 Å². The van der Waals surface area contributed by atoms with E-state index in [1.807, 2.05) is 0 Å². The van der Waals surface area contributed by atoms with E-state index in [1.165, 1.54) is 0 Å². The van der Waals surface area contributed by atoms with Gasteiger partial charge in [0.15, 0.2) is 6.29 Å². The monoisotopic (exact) mass is 169 g/mol. The first-order valence-electron chi connectivity index (χ1n) is 3.36. The van der Waals surface area contributed by atoms with Crippen LogP contribution in [0.5, 0.6) is 0 Å². The van der Waals surface area contributed by atoms with Gasteiger partial charge >= 0.3 is 5.97 Å². The molecule has 0 N–H and O–H groups in total. The summed E-state index contributed by atoms with van der Waals surface area (Å²) >= 11 is 0. The third-order valence-electron chi connectivity index (χ3n) is 1.20. The van der Waals surface area contributed by atoms with E-state index in [9.17, 15) is 9.59 Å². The van der Waals surface area contributed by atoms with Gasteiger partial charge in [0.25, 0.3) is 0 Å². The zero-order valence-corrected chi connectivity index (χ0v) is 6.44. The Bertz CT molecular complexity index is 291. The molecule has 0 aliphatic heterocycles. The van der Waals surface area contributed by atoms with Gasteiger partial charge in [-0.15, -0.1) is 0 Å². The van der Waals surface area contributed by atoms with E-state index in [0.717, 1.165) is 6.20 Å². The average Bonchev–Trinajstić information content (AvgIpc) is 2.51. The molecular weight excluding hydrogens is 162 g/mol. The Kier molecular flexibility index (Phi) is 2.57. The molecule has 0 fully saturated rings. The first kappa shape index (κ1) is 8.45. The van der Waals surface area contributed by atoms with Crippen LogP contribution < -0.4 is 0 Å². The van der Waals surface area contributed by atoms with Gasteiger partial charge in [-0.05, 0) is 6.92 Å². The highest BCUT2D eigenvalue weighted by atomic mass is 16.5. The van der Waals surface area contributed by atoms with Crippen molar-refractivity contribution < 1.29 is 18.8 Å². The fourth-order valence-corrected chi connectivity index (χ4v) is 0.696. The maximum Gasteiger partial charge on any atom is 0.343 e. The summed E-state index contributed by atoms with van der Waals surface area (Å²) < 4.78 is 9.09. The van der Waals surface area contributed by atoms with Crippen LogP contribution in [0.4, 0.5) is 0 Å². The first-order chi connectivity index (χ1) is 5.79. The molecule has 0 aliphatic rings. The maximum absolute atomic E-state index is 11.0. The first-order valence-corrected chi connectivity index (χ1v) is 3.36. The van der Waals surface area contributed by atoms with Crippen molar-refractivity contribution in [1.82, 2.24) is 5.16 Å². The van der Waals surface area contributed by atoms with Gasteiger partial charge in [0.1, 0.15) is 5.56 Å². The predicted molar refractivity (Wildman–Crippen MR) is 37.8 cm³/mol. The van der Waals surface area contributed by atoms with Gasteiger partial charge < -0.3 is 9.26 Å². The van der Waals surface area contributed by atoms with Crippen molar-refractivity contribution in [2.45, 2.75) is 6.92 Å². The van der Waals surface area contributed by atoms with E-state index < -0.39 is 5.97 Å². The molecule has 12 heavy (non-hydrogen) atoms. The summed E-state index contributed by atoms with van der Waals surface area (Å²) in [5.74, 6) is -0.700. The van der Waals surface area contributed by atoms with Crippen molar-refractivity contribution in [2.24, 2.45) is 0 Å². The van der Waals surface area contributed by atoms with Gasteiger partial charge in [-0.25, -0.2) is 4.79 Å². The molecular formula is C7H7NO4. The number of hydrogen-bond acceptors (Lipinski definition) is 5. The Hall–Kier alpha value is -1.65. The zero-order valence-electron chi connectivity index (χ0n) is 6.44. The molecule has 0 saturated carbocycles. The lowest BCUT2D eigenvalue weighted by Gasteiger charge is -1.96. The van der Waals surface area contributed by atoms with E-state index >= 15 is 0 Å². The topological polar surface area (TPSA) is 69.4 Å². The molecule has 0 aromatic carbocycles. The van der Waals surface area contributed by atoms with Crippen LogP contribution in [0.3, 0.4) is 0 Å². The summed E-state index contributed by atoms with van der Waals surface area (Å²) in [4.78, 5) is 21.3. The van der Waals surface area contributed by atoms with Crippen LogP contribution in [0.15, 0.2) is 10.7 Å². The number of aromatic nitrogens is 1. The number of carbonyl (C=O) groups is 2. The van der Waals surface area contributed by atoms with Crippen LogP contribution in [0.2, 0.25) is 0 Å². The summed E-state index contributed by atoms with van der Waals surface area (Å²) in [5.41, 5.74) is 0.0619. The molecule has 0 amide bonds. The third-order valence-corrected chi connectivity index (χ3v) is 1.20. The molecule has 0 unspecified atom stereocenters. The van der Waals surface area contributed by atoms with E-state index in [-0.39, 0.29) is 17.9 Å². The minimum atomic E-state index is -0.596. The molecule has 0 radical (unpaired) electrons. The number of hydrogen-bond donors (Lipinski definition) is 0. The van der Waals surface area contributed by atoms with Crippen molar-refractivity contribution in [1.29, 1.82) is 0 Å². The molecule has 1 aromatic rings. The van der Waals surface area contributed by atoms with Crippen LogP contribution in [-0.2, 0) is 4.74 Å². The Morgan fingerprint density at radius 3 is 3.17 bits per heavy atom. The van der Waals surface area contributed by atoms with Crippen molar-refractivity contribution in [2.75, 3.05) is 6.61 Å². The van der Waals surface area contributed by atoms with E-state index in [4.69, 9.17) is 0 Å². The van der Waals surface area contributed by atoms with Gasteiger partial charge in [-0.3, -0.25) is 4.79 Å². The summed E-state index contributed by atoms with van der Waals surface area (Å²) in [6.45, 7) is 1.92. The van der Waals surface area contributed by atoms with E-state index in [1.54, 1.807) is 6.92 Å². The van der Waals surface area contributed by atoms with Crippen molar-refractivity contribution in [3.63, 3.8) is 0 Å². The number of carbonyl (C=O) groups excluding carboxylic acids is 2. The lowest BCUT2D eigenvalue weighted by atomic mass is 10.3. The standard InChI is InChI=1S/C7H7NO4/c1-2-11-7(10)5-3-8-12-6(5)4-9/h3-4H,2H2,1H3. The minimum Gasteiger partial charge on any atom is -0.462 e. The fourth-order valence-electron chi connectivity index (χ4n) is 0.696. The van der Waals surface area contributed by atoms with Gasteiger partial charge in [0.05, 0.1) is 12.8 Å². The van der Waals surface area contributed by atoms with Crippen molar-refractivity contribution >= 4 is 12.3 Å². The normalized spacial score (nSPS) is 9.42. The number of aldehydes is 1. The summed E-state index contributed by atoms with van der Waals surface area (Å²) in [6.07, 6.45) is 1.57. The minimum absolute atomic E-state index is 0.0619. The highest BCUT2D eigenvalue weighted by Crippen LogP contribution is 2.06. The largest absolute Gasteiger partial charge is 0.462 e. The molecule has 5 nitrogen and oxygen atoms in total. The summed E-state index contributed by atoms with van der Waals surface area (Å²) in [5, 5.41) is 3.29. The average molecular weight is 169 g/mol. The Balaban J connectivity index is 2.86. The Labute approximate surface area is 68.3 Å². The van der Waals surface area contributed by atoms with Crippen LogP contribution in [0, 0.1) is 0 Å². The fraction of sp³-hybridized carbons (Fsp3) is 0.286. The van der Waals surface area contributed by atoms with Crippen molar-refractivity contribution in [3.8, 4) is 0 Å². The Morgan fingerprint density at radius 1 is 1.83 bits per heavy atom. The van der Waals surface area contributed by atoms with Gasteiger partial charge in [0.2, 0.25) is 5.76 Å². The summed E-state index contributed by atoms with van der Waals surface area (Å²) in [6, 6.07) is 0. The lowest BCUT2D eigenvalue weighted by Crippen LogP contribution is -2.05.